The molecule has 1 heterocycles. The quantitative estimate of drug-likeness (QED) is 0.575. The molecule has 0 saturated carbocycles. The molecular weight excluding hydrogens is 208 g/mol. The fourth-order valence-electron chi connectivity index (χ4n) is 1.75. The van der Waals surface area contributed by atoms with Crippen molar-refractivity contribution in [3.63, 3.8) is 0 Å². The summed E-state index contributed by atoms with van der Waals surface area (Å²) in [4.78, 5) is 11.8. The van der Waals surface area contributed by atoms with Crippen molar-refractivity contribution in [3.8, 4) is 11.5 Å². The molecule has 1 aliphatic heterocycles. The second kappa shape index (κ2) is 4.40. The maximum atomic E-state index is 11.8. The van der Waals surface area contributed by atoms with Gasteiger partial charge in [-0.1, -0.05) is 0 Å². The van der Waals surface area contributed by atoms with Crippen LogP contribution in [0.5, 0.6) is 11.5 Å². The van der Waals surface area contributed by atoms with Gasteiger partial charge >= 0.3 is 0 Å². The minimum Gasteiger partial charge on any atom is -0.508 e. The van der Waals surface area contributed by atoms with Gasteiger partial charge in [-0.15, -0.1) is 0 Å². The van der Waals surface area contributed by atoms with E-state index in [1.165, 1.54) is 12.1 Å². The Hall–Kier alpha value is -1.75. The molecule has 1 atom stereocenters. The van der Waals surface area contributed by atoms with Crippen LogP contribution >= 0.6 is 0 Å². The Morgan fingerprint density at radius 2 is 2.25 bits per heavy atom. The molecule has 0 aliphatic carbocycles. The van der Waals surface area contributed by atoms with Crippen molar-refractivity contribution in [2.75, 3.05) is 13.1 Å². The van der Waals surface area contributed by atoms with Crippen molar-refractivity contribution in [1.82, 2.24) is 10.6 Å². The Balaban J connectivity index is 2.08. The number of amides is 1. The van der Waals surface area contributed by atoms with Gasteiger partial charge in [0.05, 0.1) is 5.56 Å². The highest BCUT2D eigenvalue weighted by atomic mass is 16.3. The summed E-state index contributed by atoms with van der Waals surface area (Å²) in [7, 11) is 0. The van der Waals surface area contributed by atoms with Crippen molar-refractivity contribution < 1.29 is 15.0 Å². The minimum atomic E-state index is -0.314. The standard InChI is InChI=1S/C11H14N2O3/c14-8-1-2-9(10(15)5-8)11(16)13-7-3-4-12-6-7/h1-2,5,7,12,14-15H,3-4,6H2,(H,13,16). The van der Waals surface area contributed by atoms with Gasteiger partial charge in [0.15, 0.2) is 0 Å². The molecule has 5 nitrogen and oxygen atoms in total. The number of phenols is 2. The van der Waals surface area contributed by atoms with Gasteiger partial charge in [0.2, 0.25) is 0 Å². The van der Waals surface area contributed by atoms with Crippen molar-refractivity contribution in [2.24, 2.45) is 0 Å². The Kier molecular flexibility index (Phi) is 2.96. The number of benzene rings is 1. The first-order valence-electron chi connectivity index (χ1n) is 5.20. The predicted octanol–water partition coefficient (Wildman–Crippen LogP) is 0.189. The molecule has 1 saturated heterocycles. The first kappa shape index (κ1) is 10.8. The fourth-order valence-corrected chi connectivity index (χ4v) is 1.75. The van der Waals surface area contributed by atoms with Gasteiger partial charge in [0.25, 0.3) is 5.91 Å². The van der Waals surface area contributed by atoms with E-state index in [1.54, 1.807) is 0 Å². The number of rotatable bonds is 2. The summed E-state index contributed by atoms with van der Waals surface area (Å²) in [5.41, 5.74) is 0.185. The van der Waals surface area contributed by atoms with Crippen LogP contribution in [0.25, 0.3) is 0 Å². The number of aromatic hydroxyl groups is 2. The Morgan fingerprint density at radius 3 is 2.88 bits per heavy atom. The lowest BCUT2D eigenvalue weighted by molar-refractivity contribution is 0.0937. The normalized spacial score (nSPS) is 19.6. The predicted molar refractivity (Wildman–Crippen MR) is 58.5 cm³/mol. The first-order chi connectivity index (χ1) is 7.66. The molecule has 0 spiro atoms. The second-order valence-electron chi connectivity index (χ2n) is 3.86. The van der Waals surface area contributed by atoms with E-state index in [2.05, 4.69) is 10.6 Å². The molecule has 1 amide bonds. The van der Waals surface area contributed by atoms with Crippen molar-refractivity contribution in [3.05, 3.63) is 23.8 Å². The lowest BCUT2D eigenvalue weighted by Gasteiger charge is -2.12. The molecule has 16 heavy (non-hydrogen) atoms. The molecule has 0 radical (unpaired) electrons. The highest BCUT2D eigenvalue weighted by Gasteiger charge is 2.19. The van der Waals surface area contributed by atoms with Crippen LogP contribution in [-0.4, -0.2) is 35.3 Å². The maximum Gasteiger partial charge on any atom is 0.255 e. The van der Waals surface area contributed by atoms with Crippen LogP contribution in [0.3, 0.4) is 0 Å². The molecule has 5 heteroatoms. The van der Waals surface area contributed by atoms with Crippen LogP contribution in [0.15, 0.2) is 18.2 Å². The van der Waals surface area contributed by atoms with Crippen LogP contribution in [0.1, 0.15) is 16.8 Å². The lowest BCUT2D eigenvalue weighted by Crippen LogP contribution is -2.36. The van der Waals surface area contributed by atoms with Crippen LogP contribution in [0.4, 0.5) is 0 Å². The number of carbonyl (C=O) groups excluding carboxylic acids is 1. The van der Waals surface area contributed by atoms with Gasteiger partial charge in [0.1, 0.15) is 11.5 Å². The number of nitrogens with one attached hydrogen (secondary N) is 2. The van der Waals surface area contributed by atoms with E-state index in [4.69, 9.17) is 5.11 Å². The maximum absolute atomic E-state index is 11.8. The topological polar surface area (TPSA) is 81.6 Å². The number of phenolic OH excluding ortho intramolecular Hbond substituents is 2. The second-order valence-corrected chi connectivity index (χ2v) is 3.86. The van der Waals surface area contributed by atoms with Gasteiger partial charge in [0, 0.05) is 18.7 Å². The third-order valence-corrected chi connectivity index (χ3v) is 2.62. The number of hydrogen-bond acceptors (Lipinski definition) is 4. The lowest BCUT2D eigenvalue weighted by atomic mass is 10.1. The first-order valence-corrected chi connectivity index (χ1v) is 5.20. The van der Waals surface area contributed by atoms with Gasteiger partial charge in [-0.25, -0.2) is 0 Å². The van der Waals surface area contributed by atoms with E-state index in [-0.39, 0.29) is 29.0 Å². The van der Waals surface area contributed by atoms with Gasteiger partial charge < -0.3 is 20.8 Å². The summed E-state index contributed by atoms with van der Waals surface area (Å²) >= 11 is 0. The third-order valence-electron chi connectivity index (χ3n) is 2.62. The van der Waals surface area contributed by atoms with Crippen LogP contribution in [0, 0.1) is 0 Å². The van der Waals surface area contributed by atoms with Crippen LogP contribution in [0.2, 0.25) is 0 Å². The summed E-state index contributed by atoms with van der Waals surface area (Å²) in [6, 6.07) is 4.05. The van der Waals surface area contributed by atoms with Crippen molar-refractivity contribution in [1.29, 1.82) is 0 Å². The molecule has 0 aromatic heterocycles. The smallest absolute Gasteiger partial charge is 0.255 e. The third kappa shape index (κ3) is 2.25. The molecular formula is C11H14N2O3. The monoisotopic (exact) mass is 222 g/mol. The van der Waals surface area contributed by atoms with E-state index in [0.29, 0.717) is 0 Å². The molecule has 1 aromatic carbocycles. The minimum absolute atomic E-state index is 0.0587. The van der Waals surface area contributed by atoms with Gasteiger partial charge in [-0.2, -0.15) is 0 Å². The molecule has 4 N–H and O–H groups in total. The van der Waals surface area contributed by atoms with E-state index in [0.717, 1.165) is 25.6 Å². The Bertz CT molecular complexity index is 400. The summed E-state index contributed by atoms with van der Waals surface area (Å²) in [6.45, 7) is 1.65. The Labute approximate surface area is 93.1 Å². The van der Waals surface area contributed by atoms with E-state index < -0.39 is 0 Å². The zero-order valence-electron chi connectivity index (χ0n) is 8.73. The zero-order valence-corrected chi connectivity index (χ0v) is 8.73. The zero-order chi connectivity index (χ0) is 11.5. The molecule has 86 valence electrons. The number of hydrogen-bond donors (Lipinski definition) is 4. The average molecular weight is 222 g/mol. The molecule has 0 bridgehead atoms. The molecule has 1 aliphatic rings. The molecule has 1 unspecified atom stereocenters. The summed E-state index contributed by atoms with van der Waals surface area (Å²) in [5, 5.41) is 24.5. The van der Waals surface area contributed by atoms with Crippen molar-refractivity contribution in [2.45, 2.75) is 12.5 Å². The summed E-state index contributed by atoms with van der Waals surface area (Å²) in [5.74, 6) is -0.578. The molecule has 2 rings (SSSR count). The molecule has 1 aromatic rings. The van der Waals surface area contributed by atoms with E-state index in [1.807, 2.05) is 0 Å². The van der Waals surface area contributed by atoms with Crippen molar-refractivity contribution >= 4 is 5.91 Å². The summed E-state index contributed by atoms with van der Waals surface area (Å²) < 4.78 is 0. The van der Waals surface area contributed by atoms with Crippen LogP contribution < -0.4 is 10.6 Å². The van der Waals surface area contributed by atoms with E-state index in [9.17, 15) is 9.90 Å². The Morgan fingerprint density at radius 1 is 1.44 bits per heavy atom. The number of carbonyl (C=O) groups is 1. The highest BCUT2D eigenvalue weighted by molar-refractivity contribution is 5.97. The van der Waals surface area contributed by atoms with Gasteiger partial charge in [-0.05, 0) is 25.1 Å². The fraction of sp³-hybridized carbons (Fsp3) is 0.364. The van der Waals surface area contributed by atoms with E-state index >= 15 is 0 Å². The average Bonchev–Trinajstić information content (AvgIpc) is 2.70. The SMILES string of the molecule is O=C(NC1CCNC1)c1ccc(O)cc1O. The largest absolute Gasteiger partial charge is 0.508 e. The molecule has 1 fully saturated rings. The highest BCUT2D eigenvalue weighted by Crippen LogP contribution is 2.22. The van der Waals surface area contributed by atoms with Crippen LogP contribution in [-0.2, 0) is 0 Å². The summed E-state index contributed by atoms with van der Waals surface area (Å²) in [6.07, 6.45) is 0.893. The van der Waals surface area contributed by atoms with Gasteiger partial charge in [-0.3, -0.25) is 4.79 Å².